The number of carbonyl (C=O) groups is 4. The molecular formula is C24H35N4O6+. The molecule has 0 spiro atoms. The highest BCUT2D eigenvalue weighted by Crippen LogP contribution is 2.14. The molecule has 2 aliphatic heterocycles. The van der Waals surface area contributed by atoms with E-state index in [1.165, 1.54) is 14.0 Å². The van der Waals surface area contributed by atoms with E-state index in [0.717, 1.165) is 12.0 Å². The fourth-order valence-corrected chi connectivity index (χ4v) is 3.55. The van der Waals surface area contributed by atoms with Gasteiger partial charge in [-0.3, -0.25) is 14.4 Å². The van der Waals surface area contributed by atoms with Crippen LogP contribution in [0.3, 0.4) is 0 Å². The minimum Gasteiger partial charge on any atom is -0.490 e. The van der Waals surface area contributed by atoms with Crippen LogP contribution in [-0.4, -0.2) is 62.1 Å². The van der Waals surface area contributed by atoms with Crippen LogP contribution >= 0.6 is 0 Å². The summed E-state index contributed by atoms with van der Waals surface area (Å²) in [7, 11) is 1.25. The summed E-state index contributed by atoms with van der Waals surface area (Å²) in [4.78, 5) is 50.2. The van der Waals surface area contributed by atoms with Crippen molar-refractivity contribution in [3.8, 4) is 5.75 Å². The molecule has 3 atom stereocenters. The number of nitrogens with one attached hydrogen (secondary N) is 3. The topological polar surface area (TPSA) is 150 Å². The fourth-order valence-electron chi connectivity index (χ4n) is 3.55. The molecule has 2 bridgehead atoms. The molecule has 10 heteroatoms. The number of hydrogen-bond acceptors (Lipinski definition) is 6. The van der Waals surface area contributed by atoms with Crippen molar-refractivity contribution in [2.45, 2.75) is 57.2 Å². The first-order chi connectivity index (χ1) is 16.3. The second kappa shape index (κ2) is 14.0. The number of quaternary nitrogens is 1. The highest BCUT2D eigenvalue weighted by atomic mass is 16.5. The number of unbranched alkanes of at least 4 members (excludes halogenated alkanes) is 1. The molecular weight excluding hydrogens is 440 g/mol. The van der Waals surface area contributed by atoms with Gasteiger partial charge in [0.25, 0.3) is 0 Å². The van der Waals surface area contributed by atoms with Gasteiger partial charge in [-0.1, -0.05) is 24.3 Å². The largest absolute Gasteiger partial charge is 0.490 e. The summed E-state index contributed by atoms with van der Waals surface area (Å²) >= 11 is 0. The number of hydrogen-bond donors (Lipinski definition) is 4. The molecule has 3 amide bonds. The van der Waals surface area contributed by atoms with E-state index in [-0.39, 0.29) is 25.4 Å². The molecule has 3 rings (SSSR count). The van der Waals surface area contributed by atoms with Crippen molar-refractivity contribution in [2.75, 3.05) is 20.3 Å². The predicted molar refractivity (Wildman–Crippen MR) is 124 cm³/mol. The molecule has 34 heavy (non-hydrogen) atoms. The minimum atomic E-state index is -0.915. The van der Waals surface area contributed by atoms with Crippen molar-refractivity contribution >= 4 is 23.7 Å². The van der Waals surface area contributed by atoms with Crippen LogP contribution in [0.25, 0.3) is 0 Å². The zero-order valence-electron chi connectivity index (χ0n) is 19.8. The second-order valence-corrected chi connectivity index (χ2v) is 8.11. The van der Waals surface area contributed by atoms with E-state index in [9.17, 15) is 19.2 Å². The number of esters is 1. The third-order valence-electron chi connectivity index (χ3n) is 5.37. The smallest absolute Gasteiger partial charge is 0.328 e. The SMILES string of the molecule is COC(=O)[C@@H]1C/C=C\COc2ccc(cc2)C[C@H](NC(C)=O)C(=O)N[C@@H](CCCC[NH3+])C(=O)N1. The number of methoxy groups -OCH3 is 1. The Bertz CT molecular complexity index is 871. The molecule has 0 saturated carbocycles. The Kier molecular flexibility index (Phi) is 11.0. The molecule has 0 fully saturated rings. The summed E-state index contributed by atoms with van der Waals surface area (Å²) in [6, 6.07) is 4.55. The Balaban J connectivity index is 2.34. The van der Waals surface area contributed by atoms with E-state index in [1.54, 1.807) is 24.3 Å². The Morgan fingerprint density at radius 1 is 1.12 bits per heavy atom. The van der Waals surface area contributed by atoms with Crippen molar-refractivity contribution in [3.05, 3.63) is 42.0 Å². The van der Waals surface area contributed by atoms with Gasteiger partial charge in [0.2, 0.25) is 17.7 Å². The predicted octanol–water partition coefficient (Wildman–Crippen LogP) is -0.373. The number of fused-ring (bicyclic) bond motifs is 13. The van der Waals surface area contributed by atoms with Gasteiger partial charge in [0.15, 0.2) is 0 Å². The Hall–Kier alpha value is -3.40. The van der Waals surface area contributed by atoms with Crippen molar-refractivity contribution in [1.82, 2.24) is 16.0 Å². The number of ether oxygens (including phenoxy) is 2. The maximum atomic E-state index is 13.1. The molecule has 0 aromatic heterocycles. The van der Waals surface area contributed by atoms with Gasteiger partial charge < -0.3 is 31.2 Å². The lowest BCUT2D eigenvalue weighted by atomic mass is 10.0. The van der Waals surface area contributed by atoms with E-state index < -0.39 is 35.9 Å². The molecule has 6 N–H and O–H groups in total. The van der Waals surface area contributed by atoms with Crippen LogP contribution in [0, 0.1) is 0 Å². The summed E-state index contributed by atoms with van der Waals surface area (Å²) in [6.45, 7) is 2.31. The number of benzene rings is 1. The summed E-state index contributed by atoms with van der Waals surface area (Å²) in [5, 5.41) is 8.11. The average molecular weight is 476 g/mol. The summed E-state index contributed by atoms with van der Waals surface area (Å²) in [5.74, 6) is -1.29. The van der Waals surface area contributed by atoms with Crippen LogP contribution in [0.5, 0.6) is 5.75 Å². The van der Waals surface area contributed by atoms with Gasteiger partial charge in [-0.15, -0.1) is 0 Å². The summed E-state index contributed by atoms with van der Waals surface area (Å²) in [6.07, 6.45) is 5.75. The maximum absolute atomic E-state index is 13.1. The zero-order chi connectivity index (χ0) is 24.9. The van der Waals surface area contributed by atoms with Crippen LogP contribution in [0.4, 0.5) is 0 Å². The van der Waals surface area contributed by atoms with Crippen LogP contribution in [-0.2, 0) is 30.3 Å². The van der Waals surface area contributed by atoms with Gasteiger partial charge in [-0.2, -0.15) is 0 Å². The first kappa shape index (κ1) is 26.8. The Labute approximate surface area is 199 Å². The monoisotopic (exact) mass is 475 g/mol. The van der Waals surface area contributed by atoms with E-state index >= 15 is 0 Å². The second-order valence-electron chi connectivity index (χ2n) is 8.11. The lowest BCUT2D eigenvalue weighted by Crippen LogP contribution is -2.56. The molecule has 0 unspecified atom stereocenters. The van der Waals surface area contributed by atoms with E-state index in [4.69, 9.17) is 9.47 Å². The minimum absolute atomic E-state index is 0.203. The molecule has 186 valence electrons. The zero-order valence-corrected chi connectivity index (χ0v) is 19.8. The maximum Gasteiger partial charge on any atom is 0.328 e. The lowest BCUT2D eigenvalue weighted by molar-refractivity contribution is -0.368. The third kappa shape index (κ3) is 8.86. The number of carbonyl (C=O) groups excluding carboxylic acids is 4. The van der Waals surface area contributed by atoms with E-state index in [1.807, 2.05) is 12.1 Å². The number of rotatable bonds is 6. The van der Waals surface area contributed by atoms with Crippen molar-refractivity contribution in [1.29, 1.82) is 0 Å². The summed E-state index contributed by atoms with van der Waals surface area (Å²) < 4.78 is 10.5. The molecule has 0 aliphatic carbocycles. The standard InChI is InChI=1S/C24H34N4O6/c1-16(29)26-21-15-17-9-11-18(12-10-17)34-14-6-4-8-20(24(32)33-2)28-22(30)19(27-23(21)31)7-3-5-13-25/h4,6,9-12,19-21H,3,5,7-8,13-15,25H2,1-2H3,(H,26,29)(H,27,31)(H,28,30)/p+1/b6-4-/t19-,20-,21-/m0/s1. The van der Waals surface area contributed by atoms with Crippen LogP contribution in [0.2, 0.25) is 0 Å². The van der Waals surface area contributed by atoms with Gasteiger partial charge >= 0.3 is 5.97 Å². The molecule has 10 nitrogen and oxygen atoms in total. The third-order valence-corrected chi connectivity index (χ3v) is 5.37. The van der Waals surface area contributed by atoms with Crippen molar-refractivity contribution < 1.29 is 34.4 Å². The lowest BCUT2D eigenvalue weighted by Gasteiger charge is -2.24. The molecule has 0 radical (unpaired) electrons. The number of amides is 3. The van der Waals surface area contributed by atoms with Gasteiger partial charge in [0.1, 0.15) is 30.5 Å². The molecule has 0 saturated heterocycles. The summed E-state index contributed by atoms with van der Waals surface area (Å²) in [5.41, 5.74) is 4.63. The normalized spacial score (nSPS) is 22.5. The first-order valence-electron chi connectivity index (χ1n) is 11.5. The van der Waals surface area contributed by atoms with Crippen LogP contribution in [0.15, 0.2) is 36.4 Å². The average Bonchev–Trinajstić information content (AvgIpc) is 2.81. The molecule has 1 aromatic rings. The van der Waals surface area contributed by atoms with E-state index in [2.05, 4.69) is 21.7 Å². The quantitative estimate of drug-likeness (QED) is 0.250. The van der Waals surface area contributed by atoms with Gasteiger partial charge in [-0.05, 0) is 43.4 Å². The van der Waals surface area contributed by atoms with Crippen molar-refractivity contribution in [3.63, 3.8) is 0 Å². The first-order valence-corrected chi connectivity index (χ1v) is 11.5. The molecule has 2 heterocycles. The molecule has 2 aliphatic rings. The van der Waals surface area contributed by atoms with Gasteiger partial charge in [0, 0.05) is 13.3 Å². The van der Waals surface area contributed by atoms with Gasteiger partial charge in [-0.25, -0.2) is 4.79 Å². The van der Waals surface area contributed by atoms with Crippen molar-refractivity contribution in [2.24, 2.45) is 0 Å². The van der Waals surface area contributed by atoms with Crippen LogP contribution in [0.1, 0.15) is 38.2 Å². The Morgan fingerprint density at radius 2 is 1.85 bits per heavy atom. The highest BCUT2D eigenvalue weighted by Gasteiger charge is 2.29. The van der Waals surface area contributed by atoms with E-state index in [0.29, 0.717) is 25.1 Å². The van der Waals surface area contributed by atoms with Gasteiger partial charge in [0.05, 0.1) is 13.7 Å². The fraction of sp³-hybridized carbons (Fsp3) is 0.500. The highest BCUT2D eigenvalue weighted by molar-refractivity contribution is 5.93. The van der Waals surface area contributed by atoms with Crippen LogP contribution < -0.4 is 26.4 Å². The Morgan fingerprint density at radius 3 is 2.50 bits per heavy atom. The molecule has 1 aromatic carbocycles.